The SMILES string of the molecule is COC(=O)[C@@H]1C[C@@H](NC(=O)c2cncs2)CN1C1Cc2ccccc2C1. The van der Waals surface area contributed by atoms with Crippen LogP contribution < -0.4 is 5.32 Å². The van der Waals surface area contributed by atoms with Crippen LogP contribution in [-0.2, 0) is 22.4 Å². The number of thiazole rings is 1. The normalized spacial score (nSPS) is 23.0. The number of hydrogen-bond donors (Lipinski definition) is 1. The van der Waals surface area contributed by atoms with Gasteiger partial charge in [-0.15, -0.1) is 11.3 Å². The molecule has 2 atom stereocenters. The lowest BCUT2D eigenvalue weighted by Crippen LogP contribution is -2.45. The van der Waals surface area contributed by atoms with Crippen LogP contribution in [0.1, 0.15) is 27.2 Å². The van der Waals surface area contributed by atoms with Gasteiger partial charge in [-0.3, -0.25) is 19.5 Å². The molecule has 136 valence electrons. The second-order valence-corrected chi connectivity index (χ2v) is 7.72. The number of rotatable bonds is 4. The van der Waals surface area contributed by atoms with Crippen molar-refractivity contribution in [3.8, 4) is 0 Å². The molecular weight excluding hydrogens is 350 g/mol. The maximum atomic E-state index is 12.3. The number of amides is 1. The highest BCUT2D eigenvalue weighted by molar-refractivity contribution is 7.11. The summed E-state index contributed by atoms with van der Waals surface area (Å²) in [6.07, 6.45) is 4.00. The van der Waals surface area contributed by atoms with Crippen LogP contribution in [0, 0.1) is 0 Å². The lowest BCUT2D eigenvalue weighted by Gasteiger charge is -2.28. The van der Waals surface area contributed by atoms with Crippen LogP contribution in [-0.4, -0.2) is 53.5 Å². The van der Waals surface area contributed by atoms with E-state index in [-0.39, 0.29) is 30.0 Å². The first kappa shape index (κ1) is 17.2. The molecule has 4 rings (SSSR count). The molecule has 0 bridgehead atoms. The Bertz CT molecular complexity index is 783. The van der Waals surface area contributed by atoms with E-state index in [0.29, 0.717) is 17.8 Å². The van der Waals surface area contributed by atoms with Gasteiger partial charge in [0.15, 0.2) is 0 Å². The standard InChI is InChI=1S/C19H21N3O3S/c1-25-19(24)16-8-14(21-18(23)17-9-20-11-26-17)10-22(16)15-6-12-4-2-3-5-13(12)7-15/h2-5,9,11,14-16H,6-8,10H2,1H3,(H,21,23)/t14-,16+/m1/s1. The molecule has 26 heavy (non-hydrogen) atoms. The maximum absolute atomic E-state index is 12.3. The van der Waals surface area contributed by atoms with Crippen molar-refractivity contribution in [2.24, 2.45) is 0 Å². The summed E-state index contributed by atoms with van der Waals surface area (Å²) in [6.45, 7) is 0.656. The van der Waals surface area contributed by atoms with E-state index in [1.165, 1.54) is 29.6 Å². The molecule has 0 unspecified atom stereocenters. The molecular formula is C19H21N3O3S. The highest BCUT2D eigenvalue weighted by Crippen LogP contribution is 2.31. The molecule has 1 N–H and O–H groups in total. The van der Waals surface area contributed by atoms with Crippen molar-refractivity contribution in [2.75, 3.05) is 13.7 Å². The molecule has 0 saturated carbocycles. The third-order valence-corrected chi connectivity index (χ3v) is 6.07. The lowest BCUT2D eigenvalue weighted by atomic mass is 10.1. The summed E-state index contributed by atoms with van der Waals surface area (Å²) in [7, 11) is 1.42. The van der Waals surface area contributed by atoms with E-state index >= 15 is 0 Å². The summed E-state index contributed by atoms with van der Waals surface area (Å²) >= 11 is 1.32. The number of hydrogen-bond acceptors (Lipinski definition) is 6. The Morgan fingerprint density at radius 2 is 2.00 bits per heavy atom. The lowest BCUT2D eigenvalue weighted by molar-refractivity contribution is -0.146. The highest BCUT2D eigenvalue weighted by Gasteiger charge is 2.43. The van der Waals surface area contributed by atoms with Crippen LogP contribution >= 0.6 is 11.3 Å². The Labute approximate surface area is 156 Å². The summed E-state index contributed by atoms with van der Waals surface area (Å²) < 4.78 is 5.03. The Morgan fingerprint density at radius 3 is 2.62 bits per heavy atom. The van der Waals surface area contributed by atoms with Crippen molar-refractivity contribution in [2.45, 2.75) is 37.4 Å². The average molecular weight is 371 g/mol. The molecule has 2 aromatic rings. The van der Waals surface area contributed by atoms with E-state index in [9.17, 15) is 9.59 Å². The fraction of sp³-hybridized carbons (Fsp3) is 0.421. The van der Waals surface area contributed by atoms with Crippen LogP contribution in [0.5, 0.6) is 0 Å². The zero-order chi connectivity index (χ0) is 18.1. The van der Waals surface area contributed by atoms with Crippen molar-refractivity contribution in [1.82, 2.24) is 15.2 Å². The number of nitrogens with zero attached hydrogens (tertiary/aromatic N) is 2. The molecule has 1 aromatic carbocycles. The van der Waals surface area contributed by atoms with Crippen molar-refractivity contribution in [3.63, 3.8) is 0 Å². The quantitative estimate of drug-likeness (QED) is 0.828. The summed E-state index contributed by atoms with van der Waals surface area (Å²) in [5.74, 6) is -0.354. The number of carbonyl (C=O) groups excluding carboxylic acids is 2. The minimum absolute atomic E-state index is 0.0718. The number of esters is 1. The van der Waals surface area contributed by atoms with Gasteiger partial charge in [-0.2, -0.15) is 0 Å². The van der Waals surface area contributed by atoms with Gasteiger partial charge in [0.2, 0.25) is 0 Å². The van der Waals surface area contributed by atoms with Gasteiger partial charge in [-0.05, 0) is 30.4 Å². The van der Waals surface area contributed by atoms with E-state index < -0.39 is 0 Å². The third-order valence-electron chi connectivity index (χ3n) is 5.30. The number of methoxy groups -OCH3 is 1. The van der Waals surface area contributed by atoms with Gasteiger partial charge in [-0.1, -0.05) is 24.3 Å². The molecule has 7 heteroatoms. The first-order chi connectivity index (χ1) is 12.7. The summed E-state index contributed by atoms with van der Waals surface area (Å²) in [5, 5.41) is 3.05. The molecule has 2 aliphatic rings. The highest BCUT2D eigenvalue weighted by atomic mass is 32.1. The summed E-state index contributed by atoms with van der Waals surface area (Å²) in [6, 6.07) is 8.30. The molecule has 6 nitrogen and oxygen atoms in total. The topological polar surface area (TPSA) is 71.5 Å². The number of aromatic nitrogens is 1. The monoisotopic (exact) mass is 371 g/mol. The van der Waals surface area contributed by atoms with Crippen LogP contribution in [0.3, 0.4) is 0 Å². The second kappa shape index (κ2) is 7.17. The molecule has 1 aromatic heterocycles. The molecule has 0 radical (unpaired) electrons. The van der Waals surface area contributed by atoms with Crippen molar-refractivity contribution in [3.05, 3.63) is 52.0 Å². The van der Waals surface area contributed by atoms with Gasteiger partial charge in [0, 0.05) is 18.6 Å². The average Bonchev–Trinajstić information content (AvgIpc) is 3.38. The predicted molar refractivity (Wildman–Crippen MR) is 98.1 cm³/mol. The summed E-state index contributed by atoms with van der Waals surface area (Å²) in [4.78, 5) is 31.4. The number of ether oxygens (including phenoxy) is 1. The van der Waals surface area contributed by atoms with Gasteiger partial charge < -0.3 is 10.1 Å². The van der Waals surface area contributed by atoms with Crippen LogP contribution in [0.25, 0.3) is 0 Å². The predicted octanol–water partition coefficient (Wildman–Crippen LogP) is 1.66. The van der Waals surface area contributed by atoms with Crippen LogP contribution in [0.2, 0.25) is 0 Å². The fourth-order valence-corrected chi connectivity index (χ4v) is 4.61. The van der Waals surface area contributed by atoms with Crippen molar-refractivity contribution < 1.29 is 14.3 Å². The fourth-order valence-electron chi connectivity index (χ4n) is 4.09. The van der Waals surface area contributed by atoms with Crippen molar-refractivity contribution >= 4 is 23.2 Å². The van der Waals surface area contributed by atoms with Gasteiger partial charge in [0.05, 0.1) is 18.8 Å². The number of carbonyl (C=O) groups is 2. The minimum atomic E-state index is -0.314. The maximum Gasteiger partial charge on any atom is 0.323 e. The Morgan fingerprint density at radius 1 is 1.27 bits per heavy atom. The van der Waals surface area contributed by atoms with E-state index in [2.05, 4.69) is 39.5 Å². The van der Waals surface area contributed by atoms with Gasteiger partial charge in [-0.25, -0.2) is 0 Å². The minimum Gasteiger partial charge on any atom is -0.468 e. The zero-order valence-electron chi connectivity index (χ0n) is 14.6. The molecule has 0 spiro atoms. The number of nitrogens with one attached hydrogen (secondary N) is 1. The molecule has 1 amide bonds. The van der Waals surface area contributed by atoms with E-state index in [1.54, 1.807) is 11.7 Å². The first-order valence-corrected chi connectivity index (χ1v) is 9.63. The molecule has 1 saturated heterocycles. The molecule has 2 heterocycles. The van der Waals surface area contributed by atoms with Gasteiger partial charge in [0.25, 0.3) is 5.91 Å². The molecule has 1 fully saturated rings. The Balaban J connectivity index is 1.48. The Kier molecular flexibility index (Phi) is 4.74. The van der Waals surface area contributed by atoms with Gasteiger partial charge >= 0.3 is 5.97 Å². The number of fused-ring (bicyclic) bond motifs is 1. The number of benzene rings is 1. The van der Waals surface area contributed by atoms with E-state index in [0.717, 1.165) is 12.8 Å². The van der Waals surface area contributed by atoms with E-state index in [1.807, 2.05) is 0 Å². The number of likely N-dealkylation sites (tertiary alicyclic amines) is 1. The smallest absolute Gasteiger partial charge is 0.323 e. The Hall–Kier alpha value is -2.25. The summed E-state index contributed by atoms with van der Waals surface area (Å²) in [5.41, 5.74) is 4.33. The van der Waals surface area contributed by atoms with Crippen molar-refractivity contribution in [1.29, 1.82) is 0 Å². The third kappa shape index (κ3) is 3.24. The van der Waals surface area contributed by atoms with Crippen LogP contribution in [0.4, 0.5) is 0 Å². The second-order valence-electron chi connectivity index (χ2n) is 6.84. The van der Waals surface area contributed by atoms with Gasteiger partial charge in [0.1, 0.15) is 10.9 Å². The molecule has 1 aliphatic carbocycles. The largest absolute Gasteiger partial charge is 0.468 e. The van der Waals surface area contributed by atoms with Crippen LogP contribution in [0.15, 0.2) is 36.0 Å². The van der Waals surface area contributed by atoms with E-state index in [4.69, 9.17) is 4.74 Å². The molecule has 1 aliphatic heterocycles. The first-order valence-electron chi connectivity index (χ1n) is 8.75. The zero-order valence-corrected chi connectivity index (χ0v) is 15.4.